The fourth-order valence-corrected chi connectivity index (χ4v) is 3.60. The van der Waals surface area contributed by atoms with Gasteiger partial charge in [-0.15, -0.1) is 0 Å². The highest BCUT2D eigenvalue weighted by Crippen LogP contribution is 2.14. The lowest BCUT2D eigenvalue weighted by molar-refractivity contribution is -0.192. The predicted octanol–water partition coefficient (Wildman–Crippen LogP) is 1.97. The maximum atomic E-state index is 12.6. The van der Waals surface area contributed by atoms with Gasteiger partial charge in [0.1, 0.15) is 5.82 Å². The molecule has 31 heavy (non-hydrogen) atoms. The van der Waals surface area contributed by atoms with Crippen molar-refractivity contribution >= 4 is 23.2 Å². The molecule has 0 unspecified atom stereocenters. The van der Waals surface area contributed by atoms with Crippen molar-refractivity contribution in [2.45, 2.75) is 38.7 Å². The number of alkyl halides is 3. The molecule has 2 aromatic heterocycles. The number of aromatic nitrogens is 2. The Kier molecular flexibility index (Phi) is 8.34. The quantitative estimate of drug-likeness (QED) is 0.750. The highest BCUT2D eigenvalue weighted by molar-refractivity contribution is 7.08. The lowest BCUT2D eigenvalue weighted by Gasteiger charge is -2.20. The van der Waals surface area contributed by atoms with Gasteiger partial charge >= 0.3 is 12.1 Å². The Morgan fingerprint density at radius 3 is 2.52 bits per heavy atom. The molecule has 170 valence electrons. The van der Waals surface area contributed by atoms with Crippen LogP contribution in [-0.4, -0.2) is 63.2 Å². The predicted molar refractivity (Wildman–Crippen MR) is 108 cm³/mol. The summed E-state index contributed by atoms with van der Waals surface area (Å²) < 4.78 is 33.4. The molecule has 3 rings (SSSR count). The second kappa shape index (κ2) is 10.5. The fraction of sp³-hybridized carbons (Fsp3) is 0.474. The van der Waals surface area contributed by atoms with E-state index in [1.54, 1.807) is 22.0 Å². The van der Waals surface area contributed by atoms with Crippen LogP contribution in [0.25, 0.3) is 0 Å². The van der Waals surface area contributed by atoms with Crippen molar-refractivity contribution in [1.82, 2.24) is 19.4 Å². The van der Waals surface area contributed by atoms with Gasteiger partial charge in [-0.1, -0.05) is 0 Å². The lowest BCUT2D eigenvalue weighted by Crippen LogP contribution is -2.33. The van der Waals surface area contributed by atoms with Crippen LogP contribution in [0.4, 0.5) is 13.2 Å². The van der Waals surface area contributed by atoms with Crippen molar-refractivity contribution < 1.29 is 27.9 Å². The number of aliphatic carboxylic acids is 1. The van der Waals surface area contributed by atoms with E-state index in [0.29, 0.717) is 38.4 Å². The fourth-order valence-electron chi connectivity index (χ4n) is 2.93. The van der Waals surface area contributed by atoms with Crippen molar-refractivity contribution in [3.8, 4) is 0 Å². The Morgan fingerprint density at radius 2 is 1.97 bits per heavy atom. The molecule has 0 aromatic carbocycles. The first-order chi connectivity index (χ1) is 14.5. The minimum Gasteiger partial charge on any atom is -0.475 e. The van der Waals surface area contributed by atoms with E-state index in [1.165, 1.54) is 0 Å². The molecule has 0 bridgehead atoms. The second-order valence-electron chi connectivity index (χ2n) is 7.17. The molecular weight excluding hydrogens is 437 g/mol. The maximum absolute atomic E-state index is 12.6. The SMILES string of the molecule is CN(C)Cc1cc(=O)n2c(n1)CN(C(=O)Cc1ccsc1)CCC2.O=C(O)C(F)(F)F. The molecule has 0 radical (unpaired) electrons. The molecule has 8 nitrogen and oxygen atoms in total. The first-order valence-electron chi connectivity index (χ1n) is 9.30. The van der Waals surface area contributed by atoms with Crippen LogP contribution < -0.4 is 5.56 Å². The van der Waals surface area contributed by atoms with Gasteiger partial charge in [0, 0.05) is 25.7 Å². The lowest BCUT2D eigenvalue weighted by atomic mass is 10.2. The van der Waals surface area contributed by atoms with Gasteiger partial charge in [0.15, 0.2) is 0 Å². The number of fused-ring (bicyclic) bond motifs is 1. The Labute approximate surface area is 180 Å². The van der Waals surface area contributed by atoms with Crippen molar-refractivity contribution in [2.75, 3.05) is 20.6 Å². The van der Waals surface area contributed by atoms with Crippen molar-refractivity contribution in [3.63, 3.8) is 0 Å². The van der Waals surface area contributed by atoms with E-state index >= 15 is 0 Å². The highest BCUT2D eigenvalue weighted by atomic mass is 32.1. The van der Waals surface area contributed by atoms with Gasteiger partial charge in [-0.25, -0.2) is 9.78 Å². The summed E-state index contributed by atoms with van der Waals surface area (Å²) in [5.74, 6) is -1.97. The number of amides is 1. The molecular formula is C19H23F3N4O4S. The van der Waals surface area contributed by atoms with Gasteiger partial charge in [0.2, 0.25) is 5.91 Å². The molecule has 0 spiro atoms. The monoisotopic (exact) mass is 460 g/mol. The first kappa shape index (κ1) is 24.5. The number of hydrogen-bond acceptors (Lipinski definition) is 6. The third-order valence-electron chi connectivity index (χ3n) is 4.29. The first-order valence-corrected chi connectivity index (χ1v) is 10.2. The van der Waals surface area contributed by atoms with Crippen LogP contribution in [0, 0.1) is 0 Å². The zero-order valence-corrected chi connectivity index (χ0v) is 17.9. The molecule has 0 aliphatic carbocycles. The van der Waals surface area contributed by atoms with E-state index < -0.39 is 12.1 Å². The third kappa shape index (κ3) is 7.47. The molecule has 1 aliphatic rings. The van der Waals surface area contributed by atoms with Crippen LogP contribution in [0.3, 0.4) is 0 Å². The zero-order chi connectivity index (χ0) is 23.2. The van der Waals surface area contributed by atoms with E-state index in [1.807, 2.05) is 40.7 Å². The van der Waals surface area contributed by atoms with E-state index in [9.17, 15) is 22.8 Å². The standard InChI is InChI=1S/C17H22N4O2S.C2HF3O2/c1-19(2)10-14-9-17(23)21-6-3-5-20(11-15(21)18-14)16(22)8-13-4-7-24-12-13;3-2(4,5)1(6)7/h4,7,9,12H,3,5-6,8,10-11H2,1-2H3;(H,6,7). The summed E-state index contributed by atoms with van der Waals surface area (Å²) >= 11 is 1.60. The molecule has 2 aromatic rings. The maximum Gasteiger partial charge on any atom is 0.490 e. The summed E-state index contributed by atoms with van der Waals surface area (Å²) in [6.07, 6.45) is -3.90. The van der Waals surface area contributed by atoms with Crippen molar-refractivity contribution in [2.24, 2.45) is 0 Å². The molecule has 0 fully saturated rings. The van der Waals surface area contributed by atoms with Crippen LogP contribution in [-0.2, 0) is 35.6 Å². The normalized spacial score (nSPS) is 13.8. The number of nitrogens with zero attached hydrogens (tertiary/aromatic N) is 4. The van der Waals surface area contributed by atoms with Gasteiger partial charge in [-0.3, -0.25) is 14.2 Å². The minimum atomic E-state index is -5.08. The van der Waals surface area contributed by atoms with Crippen LogP contribution >= 0.6 is 11.3 Å². The largest absolute Gasteiger partial charge is 0.490 e. The van der Waals surface area contributed by atoms with Crippen LogP contribution in [0.5, 0.6) is 0 Å². The summed E-state index contributed by atoms with van der Waals surface area (Å²) in [5.41, 5.74) is 1.77. The van der Waals surface area contributed by atoms with Crippen molar-refractivity contribution in [3.05, 3.63) is 50.3 Å². The van der Waals surface area contributed by atoms with E-state index in [0.717, 1.165) is 17.7 Å². The minimum absolute atomic E-state index is 0.0241. The Morgan fingerprint density at radius 1 is 1.29 bits per heavy atom. The van der Waals surface area contributed by atoms with Gasteiger partial charge in [-0.2, -0.15) is 24.5 Å². The number of carbonyl (C=O) groups is 2. The van der Waals surface area contributed by atoms with Gasteiger partial charge in [0.05, 0.1) is 18.7 Å². The topological polar surface area (TPSA) is 95.7 Å². The van der Waals surface area contributed by atoms with E-state index in [-0.39, 0.29) is 11.5 Å². The number of rotatable bonds is 4. The molecule has 12 heteroatoms. The molecule has 1 aliphatic heterocycles. The molecule has 0 atom stereocenters. The average Bonchev–Trinajstić information content (AvgIpc) is 3.05. The summed E-state index contributed by atoms with van der Waals surface area (Å²) in [6.45, 7) is 2.30. The Balaban J connectivity index is 0.000000423. The molecule has 0 saturated heterocycles. The van der Waals surface area contributed by atoms with E-state index in [2.05, 4.69) is 4.98 Å². The average molecular weight is 460 g/mol. The summed E-state index contributed by atoms with van der Waals surface area (Å²) in [6, 6.07) is 3.58. The van der Waals surface area contributed by atoms with Gasteiger partial charge < -0.3 is 14.9 Å². The number of carboxylic acid groups (broad SMARTS) is 1. The second-order valence-corrected chi connectivity index (χ2v) is 7.95. The molecule has 1 N–H and O–H groups in total. The molecule has 0 saturated carbocycles. The number of halogens is 3. The Hall–Kier alpha value is -2.73. The smallest absolute Gasteiger partial charge is 0.475 e. The van der Waals surface area contributed by atoms with Crippen LogP contribution in [0.15, 0.2) is 27.7 Å². The number of hydrogen-bond donors (Lipinski definition) is 1. The summed E-state index contributed by atoms with van der Waals surface area (Å²) in [5, 5.41) is 11.1. The van der Waals surface area contributed by atoms with Crippen LogP contribution in [0.1, 0.15) is 23.5 Å². The van der Waals surface area contributed by atoms with Crippen molar-refractivity contribution in [1.29, 1.82) is 0 Å². The highest BCUT2D eigenvalue weighted by Gasteiger charge is 2.38. The third-order valence-corrected chi connectivity index (χ3v) is 5.02. The number of thiophene rings is 1. The number of carboxylic acids is 1. The van der Waals surface area contributed by atoms with Gasteiger partial charge in [0.25, 0.3) is 5.56 Å². The van der Waals surface area contributed by atoms with Crippen LogP contribution in [0.2, 0.25) is 0 Å². The van der Waals surface area contributed by atoms with E-state index in [4.69, 9.17) is 9.90 Å². The zero-order valence-electron chi connectivity index (χ0n) is 17.1. The molecule has 3 heterocycles. The van der Waals surface area contributed by atoms with Gasteiger partial charge in [-0.05, 0) is 42.9 Å². The molecule has 1 amide bonds. The number of carbonyl (C=O) groups excluding carboxylic acids is 1. The summed E-state index contributed by atoms with van der Waals surface area (Å²) in [7, 11) is 3.89. The Bertz CT molecular complexity index is 958. The summed E-state index contributed by atoms with van der Waals surface area (Å²) in [4.78, 5) is 42.3.